The summed E-state index contributed by atoms with van der Waals surface area (Å²) in [6, 6.07) is 1.99. The van der Waals surface area contributed by atoms with Crippen molar-refractivity contribution in [3.8, 4) is 0 Å². The third kappa shape index (κ3) is 2.40. The standard InChI is InChI=1S/C13H13N3O4S2/c14-8(7-2-1-4-21-7)10(17)15-9-11(18)16-6(13(19)20)3-5-22-12(9)16/h1-4,8-9,12H,5,14H2,(H,15,17)(H,19,20)/t8?,9-,12+/m1/s1. The molecule has 0 saturated carbocycles. The van der Waals surface area contributed by atoms with Crippen LogP contribution in [0.25, 0.3) is 0 Å². The van der Waals surface area contributed by atoms with E-state index in [1.54, 1.807) is 12.1 Å². The summed E-state index contributed by atoms with van der Waals surface area (Å²) in [4.78, 5) is 37.3. The van der Waals surface area contributed by atoms with Crippen LogP contribution in [-0.4, -0.2) is 45.0 Å². The van der Waals surface area contributed by atoms with Crippen LogP contribution in [0.4, 0.5) is 0 Å². The van der Waals surface area contributed by atoms with Crippen molar-refractivity contribution in [2.24, 2.45) is 5.73 Å². The Balaban J connectivity index is 1.68. The molecule has 2 aliphatic heterocycles. The summed E-state index contributed by atoms with van der Waals surface area (Å²) in [6.07, 6.45) is 1.50. The maximum Gasteiger partial charge on any atom is 0.352 e. The maximum atomic E-state index is 12.1. The van der Waals surface area contributed by atoms with E-state index in [-0.39, 0.29) is 11.1 Å². The quantitative estimate of drug-likeness (QED) is 0.672. The van der Waals surface area contributed by atoms with Gasteiger partial charge in [0.1, 0.15) is 23.2 Å². The molecule has 1 aromatic heterocycles. The smallest absolute Gasteiger partial charge is 0.352 e. The van der Waals surface area contributed by atoms with Crippen molar-refractivity contribution in [1.29, 1.82) is 0 Å². The van der Waals surface area contributed by atoms with Crippen LogP contribution in [0.3, 0.4) is 0 Å². The SMILES string of the molecule is NC(C(=O)N[C@@H]1C(=O)N2C(C(=O)O)=CCS[C@@H]12)c1cccs1. The second kappa shape index (κ2) is 5.75. The number of carbonyl (C=O) groups is 3. The van der Waals surface area contributed by atoms with Gasteiger partial charge in [0.15, 0.2) is 0 Å². The second-order valence-electron chi connectivity index (χ2n) is 4.81. The highest BCUT2D eigenvalue weighted by Crippen LogP contribution is 2.37. The number of nitrogens with two attached hydrogens (primary N) is 1. The van der Waals surface area contributed by atoms with Gasteiger partial charge in [0.2, 0.25) is 5.91 Å². The molecule has 2 aliphatic rings. The van der Waals surface area contributed by atoms with Gasteiger partial charge < -0.3 is 16.2 Å². The van der Waals surface area contributed by atoms with Gasteiger partial charge in [0.25, 0.3) is 5.91 Å². The van der Waals surface area contributed by atoms with Crippen LogP contribution in [0.15, 0.2) is 29.3 Å². The molecular formula is C13H13N3O4S2. The van der Waals surface area contributed by atoms with E-state index in [4.69, 9.17) is 10.8 Å². The molecule has 3 heterocycles. The van der Waals surface area contributed by atoms with Gasteiger partial charge in [-0.25, -0.2) is 4.79 Å². The Hall–Kier alpha value is -1.84. The van der Waals surface area contributed by atoms with E-state index in [0.29, 0.717) is 10.6 Å². The number of aliphatic carboxylic acids is 1. The summed E-state index contributed by atoms with van der Waals surface area (Å²) in [6.45, 7) is 0. The van der Waals surface area contributed by atoms with Gasteiger partial charge in [0.05, 0.1) is 0 Å². The molecule has 0 aliphatic carbocycles. The Labute approximate surface area is 134 Å². The lowest BCUT2D eigenvalue weighted by atomic mass is 10.0. The fourth-order valence-corrected chi connectivity index (χ4v) is 4.30. The molecule has 1 saturated heterocycles. The first-order chi connectivity index (χ1) is 10.5. The number of nitrogens with zero attached hydrogens (tertiary/aromatic N) is 1. The number of carboxylic acid groups (broad SMARTS) is 1. The van der Waals surface area contributed by atoms with Crippen LogP contribution in [0.5, 0.6) is 0 Å². The van der Waals surface area contributed by atoms with Crippen LogP contribution in [0, 0.1) is 0 Å². The fourth-order valence-electron chi connectivity index (χ4n) is 2.38. The van der Waals surface area contributed by atoms with E-state index in [1.165, 1.54) is 34.1 Å². The summed E-state index contributed by atoms with van der Waals surface area (Å²) < 4.78 is 0. The molecule has 3 rings (SSSR count). The van der Waals surface area contributed by atoms with Crippen LogP contribution >= 0.6 is 23.1 Å². The molecule has 0 bridgehead atoms. The monoisotopic (exact) mass is 339 g/mol. The van der Waals surface area contributed by atoms with Crippen molar-refractivity contribution in [2.75, 3.05) is 5.75 Å². The molecule has 0 aromatic carbocycles. The molecule has 3 atom stereocenters. The summed E-state index contributed by atoms with van der Waals surface area (Å²) in [5, 5.41) is 13.1. The maximum absolute atomic E-state index is 12.1. The molecule has 1 fully saturated rings. The van der Waals surface area contributed by atoms with Crippen molar-refractivity contribution in [3.05, 3.63) is 34.2 Å². The average Bonchev–Trinajstić information content (AvgIpc) is 3.04. The number of hydrogen-bond donors (Lipinski definition) is 3. The van der Waals surface area contributed by atoms with Crippen molar-refractivity contribution < 1.29 is 19.5 Å². The third-order valence-electron chi connectivity index (χ3n) is 3.50. The molecular weight excluding hydrogens is 326 g/mol. The first kappa shape index (κ1) is 15.1. The highest BCUT2D eigenvalue weighted by Gasteiger charge is 2.52. The van der Waals surface area contributed by atoms with Gasteiger partial charge in [-0.1, -0.05) is 6.07 Å². The number of fused-ring (bicyclic) bond motifs is 1. The molecule has 9 heteroatoms. The zero-order valence-corrected chi connectivity index (χ0v) is 12.9. The lowest BCUT2D eigenvalue weighted by Crippen LogP contribution is -2.70. The molecule has 1 unspecified atom stereocenters. The normalized spacial score (nSPS) is 24.9. The number of β-lactam (4-membered cyclic amide) rings is 1. The van der Waals surface area contributed by atoms with Crippen molar-refractivity contribution in [1.82, 2.24) is 10.2 Å². The Kier molecular flexibility index (Phi) is 3.94. The van der Waals surface area contributed by atoms with Crippen LogP contribution in [-0.2, 0) is 14.4 Å². The van der Waals surface area contributed by atoms with Gasteiger partial charge in [-0.15, -0.1) is 23.1 Å². The number of thiophene rings is 1. The van der Waals surface area contributed by atoms with Crippen LogP contribution < -0.4 is 11.1 Å². The molecule has 22 heavy (non-hydrogen) atoms. The zero-order valence-electron chi connectivity index (χ0n) is 11.3. The Morgan fingerprint density at radius 1 is 1.50 bits per heavy atom. The van der Waals surface area contributed by atoms with E-state index in [2.05, 4.69) is 5.32 Å². The zero-order chi connectivity index (χ0) is 15.9. The van der Waals surface area contributed by atoms with E-state index in [9.17, 15) is 14.4 Å². The number of amides is 2. The lowest BCUT2D eigenvalue weighted by Gasteiger charge is -2.48. The molecule has 4 N–H and O–H groups in total. The predicted molar refractivity (Wildman–Crippen MR) is 82.0 cm³/mol. The summed E-state index contributed by atoms with van der Waals surface area (Å²) >= 11 is 2.78. The number of carboxylic acids is 1. The van der Waals surface area contributed by atoms with E-state index >= 15 is 0 Å². The lowest BCUT2D eigenvalue weighted by molar-refractivity contribution is -0.150. The van der Waals surface area contributed by atoms with Crippen molar-refractivity contribution >= 4 is 40.9 Å². The minimum Gasteiger partial charge on any atom is -0.477 e. The molecule has 2 amide bonds. The third-order valence-corrected chi connectivity index (χ3v) is 5.63. The first-order valence-corrected chi connectivity index (χ1v) is 8.41. The van der Waals surface area contributed by atoms with Crippen molar-refractivity contribution in [3.63, 3.8) is 0 Å². The predicted octanol–water partition coefficient (Wildman–Crippen LogP) is 0.116. The van der Waals surface area contributed by atoms with Gasteiger partial charge in [-0.05, 0) is 17.5 Å². The minimum atomic E-state index is -1.14. The van der Waals surface area contributed by atoms with Gasteiger partial charge in [-0.3, -0.25) is 14.5 Å². The van der Waals surface area contributed by atoms with Crippen LogP contribution in [0.1, 0.15) is 10.9 Å². The summed E-state index contributed by atoms with van der Waals surface area (Å²) in [5.74, 6) is -1.51. The fraction of sp³-hybridized carbons (Fsp3) is 0.308. The number of rotatable bonds is 4. The number of nitrogens with one attached hydrogen (secondary N) is 1. The van der Waals surface area contributed by atoms with Gasteiger partial charge >= 0.3 is 5.97 Å². The first-order valence-electron chi connectivity index (χ1n) is 6.48. The van der Waals surface area contributed by atoms with E-state index < -0.39 is 29.9 Å². The Morgan fingerprint density at radius 2 is 2.27 bits per heavy atom. The largest absolute Gasteiger partial charge is 0.477 e. The number of carbonyl (C=O) groups excluding carboxylic acids is 2. The second-order valence-corrected chi connectivity index (χ2v) is 6.93. The molecule has 7 nitrogen and oxygen atoms in total. The average molecular weight is 339 g/mol. The van der Waals surface area contributed by atoms with Gasteiger partial charge in [0, 0.05) is 10.6 Å². The number of hydrogen-bond acceptors (Lipinski definition) is 6. The van der Waals surface area contributed by atoms with Crippen molar-refractivity contribution in [2.45, 2.75) is 17.5 Å². The molecule has 0 radical (unpaired) electrons. The topological polar surface area (TPSA) is 113 Å². The van der Waals surface area contributed by atoms with E-state index in [0.717, 1.165) is 0 Å². The van der Waals surface area contributed by atoms with Gasteiger partial charge in [-0.2, -0.15) is 0 Å². The Bertz CT molecular complexity index is 658. The number of thioether (sulfide) groups is 1. The summed E-state index contributed by atoms with van der Waals surface area (Å²) in [5.41, 5.74) is 5.83. The highest BCUT2D eigenvalue weighted by atomic mass is 32.2. The van der Waals surface area contributed by atoms with E-state index in [1.807, 2.05) is 5.38 Å². The molecule has 1 aromatic rings. The molecule has 0 spiro atoms. The summed E-state index contributed by atoms with van der Waals surface area (Å²) in [7, 11) is 0. The Morgan fingerprint density at radius 3 is 2.91 bits per heavy atom. The highest BCUT2D eigenvalue weighted by molar-refractivity contribution is 8.00. The molecule has 116 valence electrons. The minimum absolute atomic E-state index is 0.0261. The van der Waals surface area contributed by atoms with Crippen LogP contribution in [0.2, 0.25) is 0 Å².